The van der Waals surface area contributed by atoms with Gasteiger partial charge in [-0.3, -0.25) is 4.79 Å². The molecule has 0 aromatic heterocycles. The highest BCUT2D eigenvalue weighted by molar-refractivity contribution is 5.76. The van der Waals surface area contributed by atoms with E-state index in [1.54, 1.807) is 6.92 Å². The molecule has 0 spiro atoms. The Hall–Kier alpha value is -0.610. The fourth-order valence-electron chi connectivity index (χ4n) is 0.541. The molecule has 0 saturated heterocycles. The third-order valence-electron chi connectivity index (χ3n) is 1.34. The lowest BCUT2D eigenvalue weighted by Crippen LogP contribution is -2.21. The van der Waals surface area contributed by atoms with Gasteiger partial charge in [-0.15, -0.1) is 0 Å². The largest absolute Gasteiger partial charge is 0.369 e. The van der Waals surface area contributed by atoms with Gasteiger partial charge in [0.2, 0.25) is 5.91 Å². The van der Waals surface area contributed by atoms with Gasteiger partial charge in [0.05, 0.1) is 0 Å². The first kappa shape index (κ1) is 9.39. The predicted octanol–water partition coefficient (Wildman–Crippen LogP) is -0.801. The van der Waals surface area contributed by atoms with Crippen LogP contribution >= 0.6 is 0 Å². The first-order chi connectivity index (χ1) is 4.54. The van der Waals surface area contributed by atoms with Gasteiger partial charge in [0.25, 0.3) is 0 Å². The van der Waals surface area contributed by atoms with Gasteiger partial charge < -0.3 is 15.9 Å². The Morgan fingerprint density at radius 2 is 2.00 bits per heavy atom. The van der Waals surface area contributed by atoms with Crippen LogP contribution in [0.5, 0.6) is 0 Å². The van der Waals surface area contributed by atoms with Crippen molar-refractivity contribution in [3.63, 3.8) is 0 Å². The normalized spacial score (nSPS) is 13.6. The summed E-state index contributed by atoms with van der Waals surface area (Å²) in [5, 5.41) is 16.8. The van der Waals surface area contributed by atoms with Crippen LogP contribution in [0.15, 0.2) is 0 Å². The van der Waals surface area contributed by atoms with E-state index in [0.717, 1.165) is 0 Å². The Morgan fingerprint density at radius 3 is 2.30 bits per heavy atom. The highest BCUT2D eigenvalue weighted by atomic mass is 16.5. The molecular weight excluding hydrogens is 134 g/mol. The standard InChI is InChI=1S/C6H13NO3/c1-4(6(7)10)2-3-5(8)9/h4-5,8-9H,2-3H2,1H3,(H2,7,10). The summed E-state index contributed by atoms with van der Waals surface area (Å²) in [6.45, 7) is 1.66. The first-order valence-corrected chi connectivity index (χ1v) is 3.19. The molecule has 4 nitrogen and oxygen atoms in total. The van der Waals surface area contributed by atoms with Gasteiger partial charge >= 0.3 is 0 Å². The van der Waals surface area contributed by atoms with Gasteiger partial charge in [0, 0.05) is 5.92 Å². The smallest absolute Gasteiger partial charge is 0.220 e. The zero-order valence-corrected chi connectivity index (χ0v) is 5.95. The number of aliphatic hydroxyl groups excluding tert-OH is 1. The van der Waals surface area contributed by atoms with Crippen LogP contribution in [-0.4, -0.2) is 22.4 Å². The molecule has 0 fully saturated rings. The number of nitrogens with two attached hydrogens (primary N) is 1. The number of aliphatic hydroxyl groups is 2. The molecule has 0 heterocycles. The number of hydrogen-bond donors (Lipinski definition) is 3. The quantitative estimate of drug-likeness (QED) is 0.455. The van der Waals surface area contributed by atoms with Crippen molar-refractivity contribution in [3.05, 3.63) is 0 Å². The highest BCUT2D eigenvalue weighted by Crippen LogP contribution is 2.05. The van der Waals surface area contributed by atoms with Crippen molar-refractivity contribution < 1.29 is 15.0 Å². The van der Waals surface area contributed by atoms with E-state index in [1.807, 2.05) is 0 Å². The van der Waals surface area contributed by atoms with Crippen LogP contribution < -0.4 is 5.73 Å². The molecule has 1 atom stereocenters. The molecule has 0 aromatic carbocycles. The number of hydrogen-bond acceptors (Lipinski definition) is 3. The molecule has 0 radical (unpaired) electrons. The summed E-state index contributed by atoms with van der Waals surface area (Å²) < 4.78 is 0. The van der Waals surface area contributed by atoms with Crippen molar-refractivity contribution in [1.82, 2.24) is 0 Å². The molecule has 60 valence electrons. The van der Waals surface area contributed by atoms with Gasteiger partial charge in [-0.25, -0.2) is 0 Å². The molecule has 0 bridgehead atoms. The fraction of sp³-hybridized carbons (Fsp3) is 0.833. The number of primary amides is 1. The minimum Gasteiger partial charge on any atom is -0.369 e. The SMILES string of the molecule is CC(CCC(O)O)C(N)=O. The van der Waals surface area contributed by atoms with E-state index in [-0.39, 0.29) is 12.3 Å². The van der Waals surface area contributed by atoms with Crippen molar-refractivity contribution in [1.29, 1.82) is 0 Å². The average Bonchev–Trinajstić information content (AvgIpc) is 1.82. The molecule has 0 rings (SSSR count). The van der Waals surface area contributed by atoms with Crippen LogP contribution in [0.3, 0.4) is 0 Å². The molecule has 1 unspecified atom stereocenters. The Labute approximate surface area is 59.7 Å². The Balaban J connectivity index is 3.40. The predicted molar refractivity (Wildman–Crippen MR) is 35.8 cm³/mol. The van der Waals surface area contributed by atoms with E-state index >= 15 is 0 Å². The van der Waals surface area contributed by atoms with Crippen molar-refractivity contribution in [2.75, 3.05) is 0 Å². The second-order valence-electron chi connectivity index (χ2n) is 2.36. The molecule has 1 amide bonds. The monoisotopic (exact) mass is 147 g/mol. The number of rotatable bonds is 4. The van der Waals surface area contributed by atoms with Crippen LogP contribution in [0, 0.1) is 5.92 Å². The third kappa shape index (κ3) is 4.29. The summed E-state index contributed by atoms with van der Waals surface area (Å²) >= 11 is 0. The maximum atomic E-state index is 10.4. The maximum absolute atomic E-state index is 10.4. The minimum atomic E-state index is -1.33. The van der Waals surface area contributed by atoms with Crippen LogP contribution in [0.1, 0.15) is 19.8 Å². The van der Waals surface area contributed by atoms with Crippen LogP contribution in [0.25, 0.3) is 0 Å². The lowest BCUT2D eigenvalue weighted by Gasteiger charge is -2.06. The van der Waals surface area contributed by atoms with E-state index in [1.165, 1.54) is 0 Å². The summed E-state index contributed by atoms with van der Waals surface area (Å²) in [5.41, 5.74) is 4.92. The van der Waals surface area contributed by atoms with Crippen molar-refractivity contribution in [2.24, 2.45) is 11.7 Å². The second kappa shape index (κ2) is 4.24. The zero-order valence-electron chi connectivity index (χ0n) is 5.95. The van der Waals surface area contributed by atoms with Crippen molar-refractivity contribution in [3.8, 4) is 0 Å². The topological polar surface area (TPSA) is 83.6 Å². The van der Waals surface area contributed by atoms with Crippen LogP contribution in [-0.2, 0) is 4.79 Å². The van der Waals surface area contributed by atoms with Gasteiger partial charge in [-0.1, -0.05) is 6.92 Å². The lowest BCUT2D eigenvalue weighted by atomic mass is 10.1. The molecule has 0 aliphatic carbocycles. The third-order valence-corrected chi connectivity index (χ3v) is 1.34. The van der Waals surface area contributed by atoms with Crippen LogP contribution in [0.2, 0.25) is 0 Å². The zero-order chi connectivity index (χ0) is 8.15. The number of carbonyl (C=O) groups excluding carboxylic acids is 1. The van der Waals surface area contributed by atoms with E-state index < -0.39 is 12.2 Å². The summed E-state index contributed by atoms with van der Waals surface area (Å²) in [4.78, 5) is 10.4. The number of amides is 1. The van der Waals surface area contributed by atoms with E-state index in [2.05, 4.69) is 0 Å². The average molecular weight is 147 g/mol. The molecular formula is C6H13NO3. The van der Waals surface area contributed by atoms with E-state index in [9.17, 15) is 4.79 Å². The Bertz CT molecular complexity index is 114. The fourth-order valence-corrected chi connectivity index (χ4v) is 0.541. The van der Waals surface area contributed by atoms with Crippen molar-refractivity contribution in [2.45, 2.75) is 26.1 Å². The summed E-state index contributed by atoms with van der Waals surface area (Å²) in [7, 11) is 0. The summed E-state index contributed by atoms with van der Waals surface area (Å²) in [6.07, 6.45) is -0.710. The Kier molecular flexibility index (Phi) is 3.99. The lowest BCUT2D eigenvalue weighted by molar-refractivity contribution is -0.122. The minimum absolute atomic E-state index is 0.199. The molecule has 4 N–H and O–H groups in total. The molecule has 0 aromatic rings. The first-order valence-electron chi connectivity index (χ1n) is 3.19. The van der Waals surface area contributed by atoms with Crippen molar-refractivity contribution >= 4 is 5.91 Å². The van der Waals surface area contributed by atoms with Gasteiger partial charge in [0.1, 0.15) is 0 Å². The van der Waals surface area contributed by atoms with Gasteiger partial charge in [-0.05, 0) is 12.8 Å². The molecule has 10 heavy (non-hydrogen) atoms. The maximum Gasteiger partial charge on any atom is 0.220 e. The van der Waals surface area contributed by atoms with Crippen LogP contribution in [0.4, 0.5) is 0 Å². The molecule has 0 aliphatic heterocycles. The highest BCUT2D eigenvalue weighted by Gasteiger charge is 2.09. The molecule has 4 heteroatoms. The number of carbonyl (C=O) groups is 1. The van der Waals surface area contributed by atoms with E-state index in [0.29, 0.717) is 6.42 Å². The second-order valence-corrected chi connectivity index (χ2v) is 2.36. The summed E-state index contributed by atoms with van der Waals surface area (Å²) in [6, 6.07) is 0. The van der Waals surface area contributed by atoms with Gasteiger partial charge in [0.15, 0.2) is 6.29 Å². The van der Waals surface area contributed by atoms with E-state index in [4.69, 9.17) is 15.9 Å². The summed E-state index contributed by atoms with van der Waals surface area (Å²) in [5.74, 6) is -0.678. The molecule has 0 aliphatic rings. The van der Waals surface area contributed by atoms with Gasteiger partial charge in [-0.2, -0.15) is 0 Å². The molecule has 0 saturated carbocycles. The Morgan fingerprint density at radius 1 is 1.50 bits per heavy atom.